The van der Waals surface area contributed by atoms with Gasteiger partial charge in [0.2, 0.25) is 5.91 Å². The molecule has 0 unspecified atom stereocenters. The Bertz CT molecular complexity index is 1250. The predicted octanol–water partition coefficient (Wildman–Crippen LogP) is 3.53. The second kappa shape index (κ2) is 7.36. The first kappa shape index (κ1) is 20.6. The van der Waals surface area contributed by atoms with Crippen LogP contribution in [0.5, 0.6) is 0 Å². The van der Waals surface area contributed by atoms with Crippen molar-refractivity contribution < 1.29 is 17.6 Å². The molecule has 152 valence electrons. The molecule has 0 fully saturated rings. The number of sulfonamides is 1. The highest BCUT2D eigenvalue weighted by atomic mass is 32.2. The number of amides is 1. The van der Waals surface area contributed by atoms with Crippen molar-refractivity contribution in [3.63, 3.8) is 0 Å². The van der Waals surface area contributed by atoms with Crippen LogP contribution in [-0.4, -0.2) is 26.4 Å². The fourth-order valence-electron chi connectivity index (χ4n) is 3.41. The van der Waals surface area contributed by atoms with Crippen molar-refractivity contribution in [1.82, 2.24) is 4.98 Å². The van der Waals surface area contributed by atoms with E-state index in [1.54, 1.807) is 24.3 Å². The van der Waals surface area contributed by atoms with Crippen molar-refractivity contribution in [2.75, 3.05) is 11.4 Å². The number of halogens is 1. The molecular weight excluding hydrogens is 393 g/mol. The Kier molecular flexibility index (Phi) is 5.23. The second-order valence-electron chi connectivity index (χ2n) is 6.89. The van der Waals surface area contributed by atoms with Gasteiger partial charge in [-0.25, -0.2) is 12.8 Å². The minimum absolute atomic E-state index is 0.0898. The number of aromatic amines is 1. The van der Waals surface area contributed by atoms with Gasteiger partial charge in [0.05, 0.1) is 17.6 Å². The van der Waals surface area contributed by atoms with E-state index in [2.05, 4.69) is 11.6 Å². The van der Waals surface area contributed by atoms with E-state index in [0.717, 1.165) is 21.0 Å². The number of primary amides is 1. The van der Waals surface area contributed by atoms with Crippen LogP contribution >= 0.6 is 0 Å². The maximum Gasteiger partial charge on any atom is 0.256 e. The summed E-state index contributed by atoms with van der Waals surface area (Å²) in [4.78, 5) is 14.6. The molecule has 0 aliphatic carbocycles. The van der Waals surface area contributed by atoms with E-state index in [-0.39, 0.29) is 6.42 Å². The lowest BCUT2D eigenvalue weighted by molar-refractivity contribution is -0.117. The Hall–Kier alpha value is -3.13. The molecule has 0 saturated heterocycles. The number of anilines is 1. The molecule has 0 aliphatic heterocycles. The summed E-state index contributed by atoms with van der Waals surface area (Å²) < 4.78 is 40.5. The number of hydrogen-bond donors (Lipinski definition) is 2. The third kappa shape index (κ3) is 3.63. The molecule has 3 aromatic rings. The Morgan fingerprint density at radius 3 is 2.62 bits per heavy atom. The van der Waals surface area contributed by atoms with E-state index in [1.165, 1.54) is 13.1 Å². The highest BCUT2D eigenvalue weighted by molar-refractivity contribution is 7.95. The number of nitrogens with zero attached hydrogens (tertiary/aromatic N) is 1. The van der Waals surface area contributed by atoms with Crippen molar-refractivity contribution in [1.29, 1.82) is 0 Å². The monoisotopic (exact) mass is 415 g/mol. The fraction of sp³-hybridized carbons (Fsp3) is 0.190. The first-order valence-corrected chi connectivity index (χ1v) is 10.4. The number of fused-ring (bicyclic) bond motifs is 1. The Balaban J connectivity index is 2.29. The third-order valence-electron chi connectivity index (χ3n) is 5.07. The predicted molar refractivity (Wildman–Crippen MR) is 114 cm³/mol. The Morgan fingerprint density at radius 2 is 2.00 bits per heavy atom. The smallest absolute Gasteiger partial charge is 0.256 e. The molecular formula is C21H22FN3O3S. The number of H-pyrrole nitrogens is 1. The van der Waals surface area contributed by atoms with Gasteiger partial charge in [-0.3, -0.25) is 9.10 Å². The molecule has 29 heavy (non-hydrogen) atoms. The number of carbonyl (C=O) groups is 1. The SMILES string of the molecule is C=CS(=O)(=O)N(C)c1cccc(-c2c(F)cc(CC(N)=O)c3[nH]c(C)c(C)c23)c1. The van der Waals surface area contributed by atoms with E-state index in [9.17, 15) is 13.2 Å². The standard InChI is InChI=1S/C21H22FN3O3S/c1-5-29(27,28)25(4)16-8-6-7-14(9-16)20-17(22)10-15(11-18(23)26)21-19(20)12(2)13(3)24-21/h5-10,24H,1,11H2,2-4H3,(H2,23,26). The zero-order valence-corrected chi connectivity index (χ0v) is 17.2. The quantitative estimate of drug-likeness (QED) is 0.645. The van der Waals surface area contributed by atoms with Gasteiger partial charge in [0.25, 0.3) is 10.0 Å². The van der Waals surface area contributed by atoms with E-state index in [4.69, 9.17) is 5.73 Å². The first-order valence-electron chi connectivity index (χ1n) is 8.87. The fourth-order valence-corrected chi connectivity index (χ4v) is 4.05. The van der Waals surface area contributed by atoms with Gasteiger partial charge in [0, 0.05) is 29.1 Å². The number of carbonyl (C=O) groups excluding carboxylic acids is 1. The Labute approximate surface area is 168 Å². The van der Waals surface area contributed by atoms with Gasteiger partial charge < -0.3 is 10.7 Å². The molecule has 1 amide bonds. The Morgan fingerprint density at radius 1 is 1.31 bits per heavy atom. The van der Waals surface area contributed by atoms with Crippen LogP contribution in [0.25, 0.3) is 22.0 Å². The molecule has 3 rings (SSSR count). The molecule has 0 spiro atoms. The highest BCUT2D eigenvalue weighted by Gasteiger charge is 2.21. The molecule has 1 aromatic heterocycles. The summed E-state index contributed by atoms with van der Waals surface area (Å²) in [5, 5.41) is 1.50. The summed E-state index contributed by atoms with van der Waals surface area (Å²) in [7, 11) is -2.27. The van der Waals surface area contributed by atoms with Crippen LogP contribution in [0, 0.1) is 19.7 Å². The topological polar surface area (TPSA) is 96.3 Å². The summed E-state index contributed by atoms with van der Waals surface area (Å²) in [6.45, 7) is 7.06. The van der Waals surface area contributed by atoms with Crippen molar-refractivity contribution in [3.8, 4) is 11.1 Å². The number of rotatable bonds is 6. The van der Waals surface area contributed by atoms with Gasteiger partial charge in [0.15, 0.2) is 0 Å². The maximum absolute atomic E-state index is 15.2. The number of nitrogens with one attached hydrogen (secondary N) is 1. The molecule has 0 aliphatic rings. The van der Waals surface area contributed by atoms with Crippen molar-refractivity contribution in [2.24, 2.45) is 5.73 Å². The van der Waals surface area contributed by atoms with Crippen molar-refractivity contribution in [3.05, 3.63) is 65.0 Å². The van der Waals surface area contributed by atoms with Gasteiger partial charge in [-0.2, -0.15) is 0 Å². The van der Waals surface area contributed by atoms with Gasteiger partial charge in [0.1, 0.15) is 5.82 Å². The van der Waals surface area contributed by atoms with Gasteiger partial charge >= 0.3 is 0 Å². The summed E-state index contributed by atoms with van der Waals surface area (Å²) in [5.74, 6) is -1.07. The van der Waals surface area contributed by atoms with Crippen LogP contribution in [-0.2, 0) is 21.2 Å². The molecule has 1 heterocycles. The zero-order valence-electron chi connectivity index (χ0n) is 16.4. The molecule has 0 saturated carbocycles. The van der Waals surface area contributed by atoms with Crippen LogP contribution in [0.1, 0.15) is 16.8 Å². The number of aryl methyl sites for hydroxylation is 2. The molecule has 8 heteroatoms. The van der Waals surface area contributed by atoms with E-state index >= 15 is 4.39 Å². The van der Waals surface area contributed by atoms with Crippen molar-refractivity contribution in [2.45, 2.75) is 20.3 Å². The van der Waals surface area contributed by atoms with Crippen LogP contribution in [0.4, 0.5) is 10.1 Å². The average Bonchev–Trinajstić information content (AvgIpc) is 2.96. The van der Waals surface area contributed by atoms with Crippen LogP contribution in [0.2, 0.25) is 0 Å². The number of aromatic nitrogens is 1. The summed E-state index contributed by atoms with van der Waals surface area (Å²) in [5.41, 5.74) is 9.37. The lowest BCUT2D eigenvalue weighted by Gasteiger charge is -2.18. The number of hydrogen-bond acceptors (Lipinski definition) is 3. The molecule has 0 bridgehead atoms. The largest absolute Gasteiger partial charge is 0.369 e. The van der Waals surface area contributed by atoms with E-state index in [0.29, 0.717) is 33.3 Å². The lowest BCUT2D eigenvalue weighted by atomic mass is 9.94. The first-order chi connectivity index (χ1) is 13.6. The normalized spacial score (nSPS) is 11.6. The van der Waals surface area contributed by atoms with E-state index in [1.807, 2.05) is 13.8 Å². The van der Waals surface area contributed by atoms with Crippen LogP contribution in [0.15, 0.2) is 42.3 Å². The highest BCUT2D eigenvalue weighted by Crippen LogP contribution is 2.38. The minimum atomic E-state index is -3.68. The maximum atomic E-state index is 15.2. The second-order valence-corrected chi connectivity index (χ2v) is 8.80. The summed E-state index contributed by atoms with van der Waals surface area (Å²) in [6, 6.07) is 7.90. The lowest BCUT2D eigenvalue weighted by Crippen LogP contribution is -2.23. The van der Waals surface area contributed by atoms with E-state index < -0.39 is 21.7 Å². The van der Waals surface area contributed by atoms with Crippen LogP contribution in [0.3, 0.4) is 0 Å². The number of benzene rings is 2. The molecule has 3 N–H and O–H groups in total. The molecule has 0 radical (unpaired) electrons. The average molecular weight is 415 g/mol. The zero-order chi connectivity index (χ0) is 21.5. The molecule has 2 aromatic carbocycles. The summed E-state index contributed by atoms with van der Waals surface area (Å²) >= 11 is 0. The molecule has 0 atom stereocenters. The number of nitrogens with two attached hydrogens (primary N) is 1. The van der Waals surface area contributed by atoms with Gasteiger partial charge in [-0.05, 0) is 48.7 Å². The minimum Gasteiger partial charge on any atom is -0.369 e. The summed E-state index contributed by atoms with van der Waals surface area (Å²) in [6.07, 6.45) is -0.0898. The van der Waals surface area contributed by atoms with Gasteiger partial charge in [-0.1, -0.05) is 18.7 Å². The third-order valence-corrected chi connectivity index (χ3v) is 6.46. The molecule has 6 nitrogen and oxygen atoms in total. The van der Waals surface area contributed by atoms with Crippen molar-refractivity contribution >= 4 is 32.5 Å². The van der Waals surface area contributed by atoms with Gasteiger partial charge in [-0.15, -0.1) is 0 Å². The van der Waals surface area contributed by atoms with Crippen LogP contribution < -0.4 is 10.0 Å².